The molecule has 1 nitrogen and oxygen atoms in total. The van der Waals surface area contributed by atoms with Crippen molar-refractivity contribution in [3.05, 3.63) is 34.9 Å². The fraction of sp³-hybridized carbons (Fsp3) is 0.400. The molecule has 0 aliphatic carbocycles. The first kappa shape index (κ1) is 13.1. The maximum absolute atomic E-state index is 12.0. The van der Waals surface area contributed by atoms with Gasteiger partial charge in [-0.3, -0.25) is 0 Å². The van der Waals surface area contributed by atoms with Crippen molar-refractivity contribution in [2.45, 2.75) is 12.5 Å². The number of ether oxygens (including phenoxy) is 1. The van der Waals surface area contributed by atoms with E-state index in [4.69, 9.17) is 16.3 Å². The van der Waals surface area contributed by atoms with Crippen LogP contribution in [0.25, 0.3) is 0 Å². The Labute approximate surface area is 106 Å². The second kappa shape index (κ2) is 6.60. The molecule has 0 spiro atoms. The van der Waals surface area contributed by atoms with E-state index in [1.54, 1.807) is 18.2 Å². The van der Waals surface area contributed by atoms with Gasteiger partial charge in [-0.05, 0) is 17.7 Å². The molecule has 0 aliphatic heterocycles. The molecule has 0 aromatic heterocycles. The van der Waals surface area contributed by atoms with Crippen molar-refractivity contribution >= 4 is 34.2 Å². The Balaban J connectivity index is 2.65. The number of alkyl halides is 3. The molecule has 1 aromatic rings. The Hall–Kier alpha value is 0.0600. The number of hydrogen-bond acceptors (Lipinski definition) is 1. The van der Waals surface area contributed by atoms with Crippen LogP contribution < -0.4 is 0 Å². The van der Waals surface area contributed by atoms with Gasteiger partial charge < -0.3 is 4.74 Å². The van der Waals surface area contributed by atoms with Gasteiger partial charge in [0.2, 0.25) is 0 Å². The highest BCUT2D eigenvalue weighted by Crippen LogP contribution is 2.23. The lowest BCUT2D eigenvalue weighted by atomic mass is 10.1. The summed E-state index contributed by atoms with van der Waals surface area (Å²) in [4.78, 5) is 0. The van der Waals surface area contributed by atoms with Gasteiger partial charge in [-0.15, -0.1) is 0 Å². The van der Waals surface area contributed by atoms with E-state index in [9.17, 15) is 8.78 Å². The van der Waals surface area contributed by atoms with Gasteiger partial charge in [0, 0.05) is 9.45 Å². The quantitative estimate of drug-likeness (QED) is 0.576. The summed E-state index contributed by atoms with van der Waals surface area (Å²) in [6.45, 7) is -0.541. The molecular weight excluding hydrogens is 336 g/mol. The highest BCUT2D eigenvalue weighted by atomic mass is 127. The number of benzene rings is 1. The van der Waals surface area contributed by atoms with Gasteiger partial charge >= 0.3 is 0 Å². The third kappa shape index (κ3) is 4.61. The summed E-state index contributed by atoms with van der Waals surface area (Å²) >= 11 is 7.90. The maximum Gasteiger partial charge on any atom is 0.261 e. The molecule has 1 atom stereocenters. The highest BCUT2D eigenvalue weighted by Gasteiger charge is 2.13. The van der Waals surface area contributed by atoms with E-state index < -0.39 is 13.0 Å². The molecule has 84 valence electrons. The van der Waals surface area contributed by atoms with Crippen LogP contribution in [-0.4, -0.2) is 17.5 Å². The van der Waals surface area contributed by atoms with Crippen LogP contribution >= 0.6 is 34.2 Å². The normalized spacial score (nSPS) is 13.1. The van der Waals surface area contributed by atoms with Gasteiger partial charge in [-0.1, -0.05) is 46.3 Å². The van der Waals surface area contributed by atoms with Crippen molar-refractivity contribution in [3.8, 4) is 0 Å². The first-order valence-corrected chi connectivity index (χ1v) is 6.25. The van der Waals surface area contributed by atoms with E-state index in [0.717, 1.165) is 5.56 Å². The molecule has 0 radical (unpaired) electrons. The molecule has 1 rings (SSSR count). The minimum Gasteiger partial charge on any atom is -0.367 e. The van der Waals surface area contributed by atoms with E-state index in [1.807, 2.05) is 6.07 Å². The van der Waals surface area contributed by atoms with Gasteiger partial charge in [-0.2, -0.15) is 0 Å². The molecule has 1 aromatic carbocycles. The van der Waals surface area contributed by atoms with Gasteiger partial charge in [0.1, 0.15) is 6.61 Å². The summed E-state index contributed by atoms with van der Waals surface area (Å²) in [5, 5.41) is 0.586. The zero-order valence-corrected chi connectivity index (χ0v) is 10.7. The van der Waals surface area contributed by atoms with E-state index in [0.29, 0.717) is 9.45 Å². The molecule has 0 bridgehead atoms. The molecule has 0 saturated heterocycles. The molecular formula is C10H10ClF2IO. The smallest absolute Gasteiger partial charge is 0.261 e. The molecule has 0 saturated carbocycles. The minimum atomic E-state index is -2.44. The Morgan fingerprint density at radius 1 is 1.40 bits per heavy atom. The van der Waals surface area contributed by atoms with Gasteiger partial charge in [0.25, 0.3) is 6.43 Å². The van der Waals surface area contributed by atoms with Crippen molar-refractivity contribution < 1.29 is 13.5 Å². The van der Waals surface area contributed by atoms with Crippen LogP contribution in [-0.2, 0) is 4.74 Å². The van der Waals surface area contributed by atoms with Crippen LogP contribution in [0, 0.1) is 0 Å². The largest absolute Gasteiger partial charge is 0.367 e. The number of rotatable bonds is 5. The average Bonchev–Trinajstić information content (AvgIpc) is 2.18. The average molecular weight is 347 g/mol. The molecule has 0 amide bonds. The van der Waals surface area contributed by atoms with E-state index in [-0.39, 0.29) is 6.10 Å². The van der Waals surface area contributed by atoms with Crippen LogP contribution in [0.3, 0.4) is 0 Å². The van der Waals surface area contributed by atoms with Crippen molar-refractivity contribution in [2.24, 2.45) is 0 Å². The first-order valence-electron chi connectivity index (χ1n) is 4.34. The summed E-state index contributed by atoms with van der Waals surface area (Å²) in [5.41, 5.74) is 0.831. The maximum atomic E-state index is 12.0. The summed E-state index contributed by atoms with van der Waals surface area (Å²) in [5.74, 6) is 0. The van der Waals surface area contributed by atoms with Crippen molar-refractivity contribution in [2.75, 3.05) is 11.0 Å². The van der Waals surface area contributed by atoms with Crippen LogP contribution in [0.2, 0.25) is 5.02 Å². The molecule has 15 heavy (non-hydrogen) atoms. The molecule has 0 N–H and O–H groups in total. The molecule has 0 aliphatic rings. The van der Waals surface area contributed by atoms with Gasteiger partial charge in [0.05, 0.1) is 6.10 Å². The standard InChI is InChI=1S/C10H10ClF2IO/c11-8-3-1-2-7(4-8)9(5-14)15-6-10(12)13/h1-4,9-10H,5-6H2. The lowest BCUT2D eigenvalue weighted by molar-refractivity contribution is -0.0153. The predicted octanol–water partition coefficient (Wildman–Crippen LogP) is 4.10. The zero-order chi connectivity index (χ0) is 11.3. The second-order valence-electron chi connectivity index (χ2n) is 2.92. The lowest BCUT2D eigenvalue weighted by Gasteiger charge is -2.15. The Morgan fingerprint density at radius 3 is 2.67 bits per heavy atom. The topological polar surface area (TPSA) is 9.23 Å². The van der Waals surface area contributed by atoms with E-state index in [1.165, 1.54) is 0 Å². The fourth-order valence-corrected chi connectivity index (χ4v) is 2.09. The van der Waals surface area contributed by atoms with Gasteiger partial charge in [-0.25, -0.2) is 8.78 Å². The second-order valence-corrected chi connectivity index (χ2v) is 4.24. The molecule has 0 fully saturated rings. The van der Waals surface area contributed by atoms with E-state index in [2.05, 4.69) is 22.6 Å². The van der Waals surface area contributed by atoms with Crippen molar-refractivity contribution in [1.82, 2.24) is 0 Å². The van der Waals surface area contributed by atoms with Gasteiger partial charge in [0.15, 0.2) is 0 Å². The SMILES string of the molecule is FC(F)COC(CI)c1cccc(Cl)c1. The minimum absolute atomic E-state index is 0.321. The number of hydrogen-bond donors (Lipinski definition) is 0. The molecule has 1 unspecified atom stereocenters. The number of halogens is 4. The summed E-state index contributed by atoms with van der Waals surface area (Å²) in [7, 11) is 0. The third-order valence-electron chi connectivity index (χ3n) is 1.78. The lowest BCUT2D eigenvalue weighted by Crippen LogP contribution is -2.11. The monoisotopic (exact) mass is 346 g/mol. The van der Waals surface area contributed by atoms with Crippen LogP contribution in [0.1, 0.15) is 11.7 Å². The Morgan fingerprint density at radius 2 is 2.13 bits per heavy atom. The van der Waals surface area contributed by atoms with Crippen LogP contribution in [0.4, 0.5) is 8.78 Å². The zero-order valence-electron chi connectivity index (χ0n) is 7.80. The summed E-state index contributed by atoms with van der Waals surface area (Å²) < 4.78 is 29.6. The van der Waals surface area contributed by atoms with Crippen LogP contribution in [0.15, 0.2) is 24.3 Å². The van der Waals surface area contributed by atoms with Crippen LogP contribution in [0.5, 0.6) is 0 Å². The predicted molar refractivity (Wildman–Crippen MR) is 65.0 cm³/mol. The molecule has 5 heteroatoms. The highest BCUT2D eigenvalue weighted by molar-refractivity contribution is 14.1. The molecule has 0 heterocycles. The fourth-order valence-electron chi connectivity index (χ4n) is 1.13. The Bertz CT molecular complexity index is 309. The first-order chi connectivity index (χ1) is 7.13. The van der Waals surface area contributed by atoms with Crippen molar-refractivity contribution in [1.29, 1.82) is 0 Å². The summed E-state index contributed by atoms with van der Waals surface area (Å²) in [6.07, 6.45) is -2.76. The Kier molecular flexibility index (Phi) is 5.78. The summed E-state index contributed by atoms with van der Waals surface area (Å²) in [6, 6.07) is 7.07. The third-order valence-corrected chi connectivity index (χ3v) is 2.82. The van der Waals surface area contributed by atoms with E-state index >= 15 is 0 Å². The van der Waals surface area contributed by atoms with Crippen molar-refractivity contribution in [3.63, 3.8) is 0 Å².